The number of hydrogen-bond acceptors (Lipinski definition) is 8. The molecule has 0 unspecified atom stereocenters. The lowest BCUT2D eigenvalue weighted by atomic mass is 9.97. The smallest absolute Gasteiger partial charge is 0.272 e. The highest BCUT2D eigenvalue weighted by atomic mass is 32.2. The molecule has 11 heteroatoms. The van der Waals surface area contributed by atoms with Gasteiger partial charge in [-0.1, -0.05) is 42.1 Å². The summed E-state index contributed by atoms with van der Waals surface area (Å²) in [7, 11) is 0. The molecular formula is C25H21N5O4S2. The van der Waals surface area contributed by atoms with E-state index >= 15 is 0 Å². The van der Waals surface area contributed by atoms with Crippen molar-refractivity contribution in [1.82, 2.24) is 15.0 Å². The number of nitrogens with one attached hydrogen (secondary N) is 1. The highest BCUT2D eigenvalue weighted by molar-refractivity contribution is 7.99. The number of benzene rings is 2. The van der Waals surface area contributed by atoms with Crippen LogP contribution in [0.2, 0.25) is 0 Å². The van der Waals surface area contributed by atoms with E-state index in [0.717, 1.165) is 43.0 Å². The zero-order valence-electron chi connectivity index (χ0n) is 19.0. The van der Waals surface area contributed by atoms with Gasteiger partial charge in [-0.25, -0.2) is 10.4 Å². The topological polar surface area (TPSA) is 119 Å². The van der Waals surface area contributed by atoms with Crippen LogP contribution in [-0.2, 0) is 17.6 Å². The van der Waals surface area contributed by atoms with Crippen LogP contribution in [0.1, 0.15) is 28.8 Å². The van der Waals surface area contributed by atoms with E-state index in [4.69, 9.17) is 4.98 Å². The summed E-state index contributed by atoms with van der Waals surface area (Å²) in [5, 5.41) is 16.1. The molecule has 9 nitrogen and oxygen atoms in total. The zero-order valence-corrected chi connectivity index (χ0v) is 20.7. The molecule has 36 heavy (non-hydrogen) atoms. The van der Waals surface area contributed by atoms with Gasteiger partial charge in [-0.05, 0) is 49.4 Å². The molecule has 2 aromatic carbocycles. The Balaban J connectivity index is 1.40. The first kappa shape index (κ1) is 23.9. The van der Waals surface area contributed by atoms with Gasteiger partial charge in [0.2, 0.25) is 0 Å². The number of aromatic nitrogens is 2. The average Bonchev–Trinajstić information content (AvgIpc) is 3.27. The number of nitrogens with zero attached hydrogens (tertiary/aromatic N) is 4. The van der Waals surface area contributed by atoms with Crippen LogP contribution < -0.4 is 11.0 Å². The standard InChI is InChI=1S/C25H21N5O4S2/c31-21(28-26-14-16-8-4-6-12-19(16)30(33)34)15-35-25-27-23-22(18-11-5-7-13-20(18)36-23)24(32)29(25)17-9-2-1-3-10-17/h1-4,6,8-10,12,14H,5,7,11,13,15H2,(H,28,31). The lowest BCUT2D eigenvalue weighted by Gasteiger charge is -2.13. The summed E-state index contributed by atoms with van der Waals surface area (Å²) in [6.45, 7) is 0. The van der Waals surface area contributed by atoms with Crippen LogP contribution in [-0.4, -0.2) is 32.3 Å². The van der Waals surface area contributed by atoms with Crippen LogP contribution in [0.4, 0.5) is 5.69 Å². The number of nitro benzene ring substituents is 1. The number of hydrogen-bond donors (Lipinski definition) is 1. The lowest BCUT2D eigenvalue weighted by molar-refractivity contribution is -0.385. The number of para-hydroxylation sites is 2. The maximum atomic E-state index is 13.7. The Morgan fingerprint density at radius 1 is 1.17 bits per heavy atom. The quantitative estimate of drug-likeness (QED) is 0.126. The van der Waals surface area contributed by atoms with Gasteiger partial charge >= 0.3 is 0 Å². The number of thiophene rings is 1. The van der Waals surface area contributed by atoms with Gasteiger partial charge in [0.15, 0.2) is 5.16 Å². The van der Waals surface area contributed by atoms with Crippen molar-refractivity contribution in [3.8, 4) is 5.69 Å². The summed E-state index contributed by atoms with van der Waals surface area (Å²) in [4.78, 5) is 43.5. The van der Waals surface area contributed by atoms with Gasteiger partial charge in [0.1, 0.15) is 4.83 Å². The Labute approximate surface area is 214 Å². The van der Waals surface area contributed by atoms with Crippen LogP contribution in [0.5, 0.6) is 0 Å². The van der Waals surface area contributed by atoms with E-state index < -0.39 is 10.8 Å². The number of hydrazone groups is 1. The third-order valence-electron chi connectivity index (χ3n) is 5.83. The van der Waals surface area contributed by atoms with E-state index in [1.807, 2.05) is 30.3 Å². The SMILES string of the molecule is O=C(CSc1nc2sc3c(c2c(=O)n1-c1ccccc1)CCCC3)NN=Cc1ccccc1[N+](=O)[O-]. The lowest BCUT2D eigenvalue weighted by Crippen LogP contribution is -2.24. The molecule has 0 saturated carbocycles. The fourth-order valence-electron chi connectivity index (χ4n) is 4.19. The van der Waals surface area contributed by atoms with Gasteiger partial charge in [0.25, 0.3) is 17.2 Å². The molecule has 5 rings (SSSR count). The molecule has 0 fully saturated rings. The number of aryl methyl sites for hydroxylation is 2. The second-order valence-electron chi connectivity index (χ2n) is 8.16. The van der Waals surface area contributed by atoms with E-state index in [1.165, 1.54) is 17.2 Å². The summed E-state index contributed by atoms with van der Waals surface area (Å²) < 4.78 is 1.57. The normalized spacial score (nSPS) is 13.1. The highest BCUT2D eigenvalue weighted by Crippen LogP contribution is 2.35. The van der Waals surface area contributed by atoms with Gasteiger partial charge in [0, 0.05) is 10.9 Å². The second kappa shape index (κ2) is 10.4. The molecular weight excluding hydrogens is 498 g/mol. The molecule has 2 heterocycles. The fourth-order valence-corrected chi connectivity index (χ4v) is 6.29. The molecule has 4 aromatic rings. The van der Waals surface area contributed by atoms with Crippen LogP contribution in [0.3, 0.4) is 0 Å². The number of carbonyl (C=O) groups excluding carboxylic acids is 1. The van der Waals surface area contributed by atoms with Crippen molar-refractivity contribution in [2.75, 3.05) is 5.75 Å². The number of fused-ring (bicyclic) bond motifs is 3. The number of thioether (sulfide) groups is 1. The third kappa shape index (κ3) is 4.79. The molecule has 0 spiro atoms. The molecule has 0 radical (unpaired) electrons. The van der Waals surface area contributed by atoms with E-state index in [-0.39, 0.29) is 22.6 Å². The predicted molar refractivity (Wildman–Crippen MR) is 141 cm³/mol. The molecule has 0 atom stereocenters. The Hall–Kier alpha value is -3.83. The van der Waals surface area contributed by atoms with E-state index in [2.05, 4.69) is 10.5 Å². The average molecular weight is 520 g/mol. The number of carbonyl (C=O) groups is 1. The number of amides is 1. The maximum absolute atomic E-state index is 13.7. The molecule has 0 saturated heterocycles. The van der Waals surface area contributed by atoms with Crippen molar-refractivity contribution in [2.45, 2.75) is 30.8 Å². The molecule has 182 valence electrons. The van der Waals surface area contributed by atoms with Crippen molar-refractivity contribution in [3.05, 3.63) is 91.1 Å². The third-order valence-corrected chi connectivity index (χ3v) is 7.96. The fraction of sp³-hybridized carbons (Fsp3) is 0.200. The maximum Gasteiger partial charge on any atom is 0.278 e. The molecule has 0 bridgehead atoms. The summed E-state index contributed by atoms with van der Waals surface area (Å²) >= 11 is 2.71. The Morgan fingerprint density at radius 3 is 2.72 bits per heavy atom. The van der Waals surface area contributed by atoms with Gasteiger partial charge < -0.3 is 0 Å². The van der Waals surface area contributed by atoms with Crippen LogP contribution >= 0.6 is 23.1 Å². The molecule has 0 aliphatic heterocycles. The van der Waals surface area contributed by atoms with Gasteiger partial charge in [0.05, 0.1) is 33.5 Å². The summed E-state index contributed by atoms with van der Waals surface area (Å²) in [5.74, 6) is -0.460. The summed E-state index contributed by atoms with van der Waals surface area (Å²) in [6.07, 6.45) is 5.26. The molecule has 2 aromatic heterocycles. The van der Waals surface area contributed by atoms with Crippen molar-refractivity contribution < 1.29 is 9.72 Å². The minimum atomic E-state index is -0.508. The van der Waals surface area contributed by atoms with Crippen LogP contribution in [0.25, 0.3) is 15.9 Å². The zero-order chi connectivity index (χ0) is 25.1. The van der Waals surface area contributed by atoms with Crippen LogP contribution in [0.15, 0.2) is 69.6 Å². The number of rotatable bonds is 7. The monoisotopic (exact) mass is 519 g/mol. The Kier molecular flexibility index (Phi) is 6.92. The minimum absolute atomic E-state index is 0.0376. The van der Waals surface area contributed by atoms with Crippen molar-refractivity contribution >= 4 is 51.1 Å². The highest BCUT2D eigenvalue weighted by Gasteiger charge is 2.23. The minimum Gasteiger partial charge on any atom is -0.272 e. The molecule has 1 N–H and O–H groups in total. The van der Waals surface area contributed by atoms with E-state index in [0.29, 0.717) is 21.1 Å². The first-order valence-corrected chi connectivity index (χ1v) is 13.1. The van der Waals surface area contributed by atoms with Gasteiger partial charge in [-0.3, -0.25) is 24.3 Å². The molecule has 1 amide bonds. The van der Waals surface area contributed by atoms with Crippen LogP contribution in [0, 0.1) is 10.1 Å². The largest absolute Gasteiger partial charge is 0.278 e. The van der Waals surface area contributed by atoms with Crippen molar-refractivity contribution in [2.24, 2.45) is 5.10 Å². The second-order valence-corrected chi connectivity index (χ2v) is 10.2. The first-order valence-electron chi connectivity index (χ1n) is 11.3. The summed E-state index contributed by atoms with van der Waals surface area (Å²) in [5.41, 5.74) is 4.24. The molecule has 1 aliphatic rings. The Morgan fingerprint density at radius 2 is 1.92 bits per heavy atom. The summed E-state index contributed by atoms with van der Waals surface area (Å²) in [6, 6.07) is 15.4. The van der Waals surface area contributed by atoms with Crippen molar-refractivity contribution in [3.63, 3.8) is 0 Å². The Bertz CT molecular complexity index is 1550. The molecule has 1 aliphatic carbocycles. The first-order chi connectivity index (χ1) is 17.5. The van der Waals surface area contributed by atoms with E-state index in [9.17, 15) is 19.7 Å². The van der Waals surface area contributed by atoms with Crippen molar-refractivity contribution in [1.29, 1.82) is 0 Å². The van der Waals surface area contributed by atoms with Gasteiger partial charge in [-0.15, -0.1) is 11.3 Å². The van der Waals surface area contributed by atoms with E-state index in [1.54, 1.807) is 34.1 Å². The van der Waals surface area contributed by atoms with Gasteiger partial charge in [-0.2, -0.15) is 5.10 Å². The predicted octanol–water partition coefficient (Wildman–Crippen LogP) is 4.48. The number of nitro groups is 1.